The molecule has 1 unspecified atom stereocenters. The second kappa shape index (κ2) is 6.17. The Kier molecular flexibility index (Phi) is 5.15. The minimum atomic E-state index is 0.00566. The lowest BCUT2D eigenvalue weighted by Gasteiger charge is -2.31. The maximum Gasteiger partial charge on any atom is 0.0534 e. The SMILES string of the molecule is CCCC(C)(CO)CN(C)Cc1cnn(C)c1. The number of aromatic nitrogens is 2. The molecule has 1 aromatic heterocycles. The Hall–Kier alpha value is -0.870. The van der Waals surface area contributed by atoms with Crippen molar-refractivity contribution in [1.29, 1.82) is 0 Å². The molecule has 0 bridgehead atoms. The highest BCUT2D eigenvalue weighted by Crippen LogP contribution is 2.24. The van der Waals surface area contributed by atoms with Crippen LogP contribution in [0.5, 0.6) is 0 Å². The van der Waals surface area contributed by atoms with Gasteiger partial charge in [0.15, 0.2) is 0 Å². The van der Waals surface area contributed by atoms with E-state index in [0.29, 0.717) is 0 Å². The lowest BCUT2D eigenvalue weighted by molar-refractivity contribution is 0.0878. The van der Waals surface area contributed by atoms with Gasteiger partial charge in [0.05, 0.1) is 6.20 Å². The largest absolute Gasteiger partial charge is 0.396 e. The fourth-order valence-electron chi connectivity index (χ4n) is 2.38. The Morgan fingerprint density at radius 2 is 2.24 bits per heavy atom. The van der Waals surface area contributed by atoms with Gasteiger partial charge in [-0.25, -0.2) is 0 Å². The third-order valence-electron chi connectivity index (χ3n) is 3.10. The van der Waals surface area contributed by atoms with Gasteiger partial charge in [-0.3, -0.25) is 4.68 Å². The van der Waals surface area contributed by atoms with Crippen molar-refractivity contribution in [3.8, 4) is 0 Å². The van der Waals surface area contributed by atoms with Crippen LogP contribution in [0.15, 0.2) is 12.4 Å². The van der Waals surface area contributed by atoms with Crippen molar-refractivity contribution >= 4 is 0 Å². The van der Waals surface area contributed by atoms with Gasteiger partial charge in [-0.1, -0.05) is 20.3 Å². The Bertz CT molecular complexity index is 337. The second-order valence-corrected chi connectivity index (χ2v) is 5.41. The summed E-state index contributed by atoms with van der Waals surface area (Å²) in [7, 11) is 4.02. The number of hydrogen-bond acceptors (Lipinski definition) is 3. The van der Waals surface area contributed by atoms with E-state index in [1.54, 1.807) is 0 Å². The number of rotatable bonds is 7. The average Bonchev–Trinajstić information content (AvgIpc) is 2.64. The van der Waals surface area contributed by atoms with Crippen LogP contribution in [0, 0.1) is 5.41 Å². The topological polar surface area (TPSA) is 41.3 Å². The van der Waals surface area contributed by atoms with Crippen LogP contribution in [0.1, 0.15) is 32.3 Å². The molecule has 1 N–H and O–H groups in total. The molecule has 0 aliphatic carbocycles. The zero-order valence-electron chi connectivity index (χ0n) is 11.5. The first kappa shape index (κ1) is 14.2. The number of nitrogens with zero attached hydrogens (tertiary/aromatic N) is 3. The fraction of sp³-hybridized carbons (Fsp3) is 0.769. The third-order valence-corrected chi connectivity index (χ3v) is 3.10. The zero-order chi connectivity index (χ0) is 12.9. The van der Waals surface area contributed by atoms with Crippen molar-refractivity contribution in [3.05, 3.63) is 18.0 Å². The van der Waals surface area contributed by atoms with Gasteiger partial charge in [0, 0.05) is 43.9 Å². The summed E-state index contributed by atoms with van der Waals surface area (Å²) in [5.41, 5.74) is 1.22. The molecule has 4 heteroatoms. The molecule has 1 aromatic rings. The van der Waals surface area contributed by atoms with Gasteiger partial charge in [0.25, 0.3) is 0 Å². The zero-order valence-corrected chi connectivity index (χ0v) is 11.5. The van der Waals surface area contributed by atoms with Crippen molar-refractivity contribution in [3.63, 3.8) is 0 Å². The molecule has 0 spiro atoms. The van der Waals surface area contributed by atoms with Gasteiger partial charge < -0.3 is 10.0 Å². The molecule has 98 valence electrons. The summed E-state index contributed by atoms with van der Waals surface area (Å²) in [6.45, 7) is 6.35. The molecule has 0 saturated carbocycles. The van der Waals surface area contributed by atoms with Crippen molar-refractivity contribution in [2.45, 2.75) is 33.2 Å². The van der Waals surface area contributed by atoms with E-state index in [4.69, 9.17) is 0 Å². The molecule has 17 heavy (non-hydrogen) atoms. The molecule has 1 heterocycles. The van der Waals surface area contributed by atoms with Crippen molar-refractivity contribution < 1.29 is 5.11 Å². The minimum Gasteiger partial charge on any atom is -0.396 e. The minimum absolute atomic E-state index is 0.00566. The third kappa shape index (κ3) is 4.48. The van der Waals surface area contributed by atoms with Gasteiger partial charge in [-0.2, -0.15) is 5.10 Å². The summed E-state index contributed by atoms with van der Waals surface area (Å²) in [5, 5.41) is 13.7. The summed E-state index contributed by atoms with van der Waals surface area (Å²) >= 11 is 0. The first-order valence-corrected chi connectivity index (χ1v) is 6.26. The maximum atomic E-state index is 9.49. The smallest absolute Gasteiger partial charge is 0.0534 e. The van der Waals surface area contributed by atoms with Crippen LogP contribution in [0.4, 0.5) is 0 Å². The van der Waals surface area contributed by atoms with E-state index in [0.717, 1.165) is 25.9 Å². The summed E-state index contributed by atoms with van der Waals surface area (Å²) in [4.78, 5) is 2.25. The van der Waals surface area contributed by atoms with Gasteiger partial charge in [-0.15, -0.1) is 0 Å². The predicted octanol–water partition coefficient (Wildman–Crippen LogP) is 1.65. The van der Waals surface area contributed by atoms with Crippen molar-refractivity contribution in [2.75, 3.05) is 20.2 Å². The van der Waals surface area contributed by atoms with E-state index in [-0.39, 0.29) is 12.0 Å². The average molecular weight is 239 g/mol. The molecule has 0 saturated heterocycles. The van der Waals surface area contributed by atoms with E-state index in [1.807, 2.05) is 24.1 Å². The van der Waals surface area contributed by atoms with E-state index in [1.165, 1.54) is 5.56 Å². The highest BCUT2D eigenvalue weighted by Gasteiger charge is 2.24. The van der Waals surface area contributed by atoms with Crippen LogP contribution < -0.4 is 0 Å². The van der Waals surface area contributed by atoms with Gasteiger partial charge >= 0.3 is 0 Å². The highest BCUT2D eigenvalue weighted by atomic mass is 16.3. The number of hydrogen-bond donors (Lipinski definition) is 1. The van der Waals surface area contributed by atoms with Crippen LogP contribution in [0.2, 0.25) is 0 Å². The highest BCUT2D eigenvalue weighted by molar-refractivity contribution is 5.03. The fourth-order valence-corrected chi connectivity index (χ4v) is 2.38. The van der Waals surface area contributed by atoms with Gasteiger partial charge in [0.2, 0.25) is 0 Å². The number of aliphatic hydroxyl groups excluding tert-OH is 1. The molecule has 0 aromatic carbocycles. The van der Waals surface area contributed by atoms with Crippen molar-refractivity contribution in [1.82, 2.24) is 14.7 Å². The standard InChI is InChI=1S/C13H25N3O/c1-5-6-13(2,11-17)10-15(3)8-12-7-14-16(4)9-12/h7,9,17H,5-6,8,10-11H2,1-4H3. The Balaban J connectivity index is 2.50. The number of aliphatic hydroxyl groups is 1. The van der Waals surface area contributed by atoms with Gasteiger partial charge in [0.1, 0.15) is 0 Å². The van der Waals surface area contributed by atoms with E-state index in [9.17, 15) is 5.11 Å². The van der Waals surface area contributed by atoms with E-state index < -0.39 is 0 Å². The van der Waals surface area contributed by atoms with Crippen LogP contribution in [0.3, 0.4) is 0 Å². The summed E-state index contributed by atoms with van der Waals surface area (Å²) < 4.78 is 1.82. The quantitative estimate of drug-likeness (QED) is 0.786. The molecule has 1 rings (SSSR count). The summed E-state index contributed by atoms with van der Waals surface area (Å²) in [5.74, 6) is 0. The monoisotopic (exact) mass is 239 g/mol. The van der Waals surface area contributed by atoms with Crippen LogP contribution in [-0.4, -0.2) is 40.0 Å². The van der Waals surface area contributed by atoms with E-state index >= 15 is 0 Å². The van der Waals surface area contributed by atoms with Crippen molar-refractivity contribution in [2.24, 2.45) is 12.5 Å². The first-order valence-electron chi connectivity index (χ1n) is 6.26. The molecule has 0 fully saturated rings. The van der Waals surface area contributed by atoms with Crippen LogP contribution in [0.25, 0.3) is 0 Å². The van der Waals surface area contributed by atoms with E-state index in [2.05, 4.69) is 30.9 Å². The molecule has 0 amide bonds. The normalized spacial score (nSPS) is 15.2. The molecule has 4 nitrogen and oxygen atoms in total. The molecule has 0 radical (unpaired) electrons. The predicted molar refractivity (Wildman–Crippen MR) is 69.6 cm³/mol. The Labute approximate surface area is 104 Å². The molecule has 0 aliphatic rings. The summed E-state index contributed by atoms with van der Waals surface area (Å²) in [6.07, 6.45) is 6.10. The lowest BCUT2D eigenvalue weighted by Crippen LogP contribution is -2.35. The Morgan fingerprint density at radius 3 is 2.71 bits per heavy atom. The molecular weight excluding hydrogens is 214 g/mol. The molecular formula is C13H25N3O. The first-order chi connectivity index (χ1) is 7.99. The van der Waals surface area contributed by atoms with Gasteiger partial charge in [-0.05, 0) is 13.5 Å². The molecule has 0 aliphatic heterocycles. The second-order valence-electron chi connectivity index (χ2n) is 5.41. The molecule has 1 atom stereocenters. The van der Waals surface area contributed by atoms with Crippen LogP contribution in [-0.2, 0) is 13.6 Å². The Morgan fingerprint density at radius 1 is 1.53 bits per heavy atom. The van der Waals surface area contributed by atoms with Crippen LogP contribution >= 0.6 is 0 Å². The lowest BCUT2D eigenvalue weighted by atomic mass is 9.86. The number of aryl methyl sites for hydroxylation is 1. The maximum absolute atomic E-state index is 9.49. The summed E-state index contributed by atoms with van der Waals surface area (Å²) in [6, 6.07) is 0.